The average Bonchev–Trinajstić information content (AvgIpc) is 2.49. The summed E-state index contributed by atoms with van der Waals surface area (Å²) >= 11 is 0. The first-order valence-electron chi connectivity index (χ1n) is 4.16. The van der Waals surface area contributed by atoms with Crippen LogP contribution in [0.3, 0.4) is 0 Å². The van der Waals surface area contributed by atoms with Crippen molar-refractivity contribution in [3.8, 4) is 0 Å². The summed E-state index contributed by atoms with van der Waals surface area (Å²) in [7, 11) is 0. The van der Waals surface area contributed by atoms with Crippen LogP contribution in [0.25, 0.3) is 0 Å². The van der Waals surface area contributed by atoms with Crippen molar-refractivity contribution in [2.75, 3.05) is 11.9 Å². The molecule has 1 aromatic heterocycles. The maximum atomic E-state index is 11.3. The van der Waals surface area contributed by atoms with E-state index >= 15 is 0 Å². The van der Waals surface area contributed by atoms with Crippen LogP contribution >= 0.6 is 0 Å². The van der Waals surface area contributed by atoms with Gasteiger partial charge in [0, 0.05) is 24.2 Å². The monoisotopic (exact) mass is 182 g/mol. The van der Waals surface area contributed by atoms with Crippen molar-refractivity contribution >= 4 is 11.7 Å². The third-order valence-corrected chi connectivity index (χ3v) is 1.76. The van der Waals surface area contributed by atoms with E-state index in [9.17, 15) is 4.79 Å². The van der Waals surface area contributed by atoms with E-state index < -0.39 is 0 Å². The van der Waals surface area contributed by atoms with Gasteiger partial charge in [-0.3, -0.25) is 9.89 Å². The van der Waals surface area contributed by atoms with Crippen LogP contribution in [0.4, 0.5) is 5.82 Å². The van der Waals surface area contributed by atoms with Crippen LogP contribution in [0.5, 0.6) is 0 Å². The van der Waals surface area contributed by atoms with Crippen molar-refractivity contribution in [2.24, 2.45) is 11.7 Å². The zero-order valence-electron chi connectivity index (χ0n) is 7.79. The summed E-state index contributed by atoms with van der Waals surface area (Å²) in [4.78, 5) is 11.3. The summed E-state index contributed by atoms with van der Waals surface area (Å²) in [6.45, 7) is 3.99. The predicted molar refractivity (Wildman–Crippen MR) is 50.2 cm³/mol. The molecule has 0 aromatic carbocycles. The molecule has 0 bridgehead atoms. The van der Waals surface area contributed by atoms with Gasteiger partial charge in [-0.1, -0.05) is 6.92 Å². The highest BCUT2D eigenvalue weighted by Crippen LogP contribution is 2.05. The topological polar surface area (TPSA) is 83.8 Å². The van der Waals surface area contributed by atoms with Crippen LogP contribution in [-0.4, -0.2) is 22.6 Å². The van der Waals surface area contributed by atoms with Crippen LogP contribution in [0.15, 0.2) is 6.07 Å². The van der Waals surface area contributed by atoms with Crippen LogP contribution in [0, 0.1) is 12.8 Å². The predicted octanol–water partition coefficient (Wildman–Crippen LogP) is 0.251. The first kappa shape index (κ1) is 9.73. The summed E-state index contributed by atoms with van der Waals surface area (Å²) in [6.07, 6.45) is 0. The lowest BCUT2D eigenvalue weighted by Gasteiger charge is -2.06. The highest BCUT2D eigenvalue weighted by atomic mass is 16.1. The Balaban J connectivity index is 2.54. The molecule has 0 fully saturated rings. The molecule has 1 heterocycles. The zero-order chi connectivity index (χ0) is 9.84. The molecule has 0 spiro atoms. The second-order valence-corrected chi connectivity index (χ2v) is 3.06. The number of hydrogen-bond donors (Lipinski definition) is 3. The number of rotatable bonds is 3. The quantitative estimate of drug-likeness (QED) is 0.626. The normalized spacial score (nSPS) is 12.5. The molecule has 1 amide bonds. The Labute approximate surface area is 76.7 Å². The minimum Gasteiger partial charge on any atom is -0.330 e. The molecule has 1 atom stereocenters. The van der Waals surface area contributed by atoms with Crippen LogP contribution < -0.4 is 11.1 Å². The minimum absolute atomic E-state index is 0.103. The highest BCUT2D eigenvalue weighted by molar-refractivity contribution is 5.91. The number of amides is 1. The molecule has 0 saturated heterocycles. The Morgan fingerprint density at radius 3 is 3.00 bits per heavy atom. The molecule has 5 nitrogen and oxygen atoms in total. The maximum Gasteiger partial charge on any atom is 0.229 e. The van der Waals surface area contributed by atoms with E-state index in [4.69, 9.17) is 5.73 Å². The summed E-state index contributed by atoms with van der Waals surface area (Å²) < 4.78 is 0. The SMILES string of the molecule is Cc1cc(NC(=O)C(C)CN)n[nH]1. The molecular formula is C8H14N4O. The van der Waals surface area contributed by atoms with Gasteiger partial charge in [0.15, 0.2) is 5.82 Å². The Morgan fingerprint density at radius 1 is 1.85 bits per heavy atom. The number of aromatic nitrogens is 2. The number of nitrogens with zero attached hydrogens (tertiary/aromatic N) is 1. The number of H-pyrrole nitrogens is 1. The lowest BCUT2D eigenvalue weighted by atomic mass is 10.2. The smallest absolute Gasteiger partial charge is 0.229 e. The zero-order valence-corrected chi connectivity index (χ0v) is 7.79. The van der Waals surface area contributed by atoms with Gasteiger partial charge in [-0.25, -0.2) is 0 Å². The van der Waals surface area contributed by atoms with Crippen molar-refractivity contribution in [1.29, 1.82) is 0 Å². The van der Waals surface area contributed by atoms with E-state index in [-0.39, 0.29) is 11.8 Å². The molecule has 13 heavy (non-hydrogen) atoms. The molecular weight excluding hydrogens is 168 g/mol. The van der Waals surface area contributed by atoms with Gasteiger partial charge in [0.2, 0.25) is 5.91 Å². The van der Waals surface area contributed by atoms with Crippen molar-refractivity contribution < 1.29 is 4.79 Å². The molecule has 0 saturated carbocycles. The molecule has 1 aromatic rings. The Bertz CT molecular complexity index is 294. The molecule has 1 rings (SSSR count). The van der Waals surface area contributed by atoms with Crippen molar-refractivity contribution in [3.05, 3.63) is 11.8 Å². The molecule has 0 aliphatic rings. The van der Waals surface area contributed by atoms with Gasteiger partial charge in [0.1, 0.15) is 0 Å². The number of hydrogen-bond acceptors (Lipinski definition) is 3. The van der Waals surface area contributed by atoms with E-state index in [1.165, 1.54) is 0 Å². The number of nitrogens with two attached hydrogens (primary N) is 1. The molecule has 0 radical (unpaired) electrons. The summed E-state index contributed by atoms with van der Waals surface area (Å²) in [5.74, 6) is 0.258. The fourth-order valence-electron chi connectivity index (χ4n) is 0.839. The number of anilines is 1. The van der Waals surface area contributed by atoms with E-state index in [2.05, 4.69) is 15.5 Å². The van der Waals surface area contributed by atoms with Crippen LogP contribution in [0.2, 0.25) is 0 Å². The lowest BCUT2D eigenvalue weighted by Crippen LogP contribution is -2.26. The summed E-state index contributed by atoms with van der Waals surface area (Å²) in [5, 5.41) is 9.26. The molecule has 0 aliphatic heterocycles. The van der Waals surface area contributed by atoms with Gasteiger partial charge >= 0.3 is 0 Å². The van der Waals surface area contributed by atoms with Gasteiger partial charge in [0.25, 0.3) is 0 Å². The number of aryl methyl sites for hydroxylation is 1. The van der Waals surface area contributed by atoms with Crippen molar-refractivity contribution in [1.82, 2.24) is 10.2 Å². The Morgan fingerprint density at radius 2 is 2.54 bits per heavy atom. The Hall–Kier alpha value is -1.36. The number of nitrogens with one attached hydrogen (secondary N) is 2. The number of aromatic amines is 1. The second-order valence-electron chi connectivity index (χ2n) is 3.06. The van der Waals surface area contributed by atoms with Crippen LogP contribution in [0.1, 0.15) is 12.6 Å². The maximum absolute atomic E-state index is 11.3. The summed E-state index contributed by atoms with van der Waals surface area (Å²) in [5.41, 5.74) is 6.26. The van der Waals surface area contributed by atoms with E-state index in [0.717, 1.165) is 5.69 Å². The summed E-state index contributed by atoms with van der Waals surface area (Å²) in [6, 6.07) is 1.77. The fourth-order valence-corrected chi connectivity index (χ4v) is 0.839. The van der Waals surface area contributed by atoms with E-state index in [1.54, 1.807) is 13.0 Å². The largest absolute Gasteiger partial charge is 0.330 e. The third-order valence-electron chi connectivity index (χ3n) is 1.76. The first-order chi connectivity index (χ1) is 6.13. The number of carbonyl (C=O) groups excluding carboxylic acids is 1. The lowest BCUT2D eigenvalue weighted by molar-refractivity contribution is -0.119. The van der Waals surface area contributed by atoms with Gasteiger partial charge < -0.3 is 11.1 Å². The van der Waals surface area contributed by atoms with Gasteiger partial charge in [-0.15, -0.1) is 0 Å². The molecule has 4 N–H and O–H groups in total. The van der Waals surface area contributed by atoms with E-state index in [0.29, 0.717) is 12.4 Å². The standard InChI is InChI=1S/C8H14N4O/c1-5(4-9)8(13)10-7-3-6(2)11-12-7/h3,5H,4,9H2,1-2H3,(H2,10,11,12,13). The van der Waals surface area contributed by atoms with Crippen molar-refractivity contribution in [3.63, 3.8) is 0 Å². The van der Waals surface area contributed by atoms with Gasteiger partial charge in [0.05, 0.1) is 0 Å². The van der Waals surface area contributed by atoms with Gasteiger partial charge in [-0.2, -0.15) is 5.10 Å². The Kier molecular flexibility index (Phi) is 3.02. The first-order valence-corrected chi connectivity index (χ1v) is 4.16. The second kappa shape index (κ2) is 4.04. The van der Waals surface area contributed by atoms with E-state index in [1.807, 2.05) is 6.92 Å². The molecule has 5 heteroatoms. The minimum atomic E-state index is -0.183. The molecule has 0 aliphatic carbocycles. The fraction of sp³-hybridized carbons (Fsp3) is 0.500. The van der Waals surface area contributed by atoms with Crippen LogP contribution in [-0.2, 0) is 4.79 Å². The molecule has 72 valence electrons. The third kappa shape index (κ3) is 2.55. The average molecular weight is 182 g/mol. The van der Waals surface area contributed by atoms with Gasteiger partial charge in [-0.05, 0) is 6.92 Å². The molecule has 1 unspecified atom stereocenters. The number of carbonyl (C=O) groups is 1. The highest BCUT2D eigenvalue weighted by Gasteiger charge is 2.11. The van der Waals surface area contributed by atoms with Crippen molar-refractivity contribution in [2.45, 2.75) is 13.8 Å².